The Labute approximate surface area is 149 Å². The van der Waals surface area contributed by atoms with Gasteiger partial charge in [0.25, 0.3) is 5.91 Å². The van der Waals surface area contributed by atoms with E-state index in [0.29, 0.717) is 11.0 Å². The average Bonchev–Trinajstić information content (AvgIpc) is 2.94. The van der Waals surface area contributed by atoms with Gasteiger partial charge in [-0.2, -0.15) is 0 Å². The number of hydrogen-bond donors (Lipinski definition) is 2. The van der Waals surface area contributed by atoms with Crippen molar-refractivity contribution < 1.29 is 17.6 Å². The molecule has 2 aromatic rings. The molecule has 3 N–H and O–H groups in total. The molecule has 0 fully saturated rings. The van der Waals surface area contributed by atoms with E-state index in [2.05, 4.69) is 17.2 Å². The minimum absolute atomic E-state index is 0.257. The van der Waals surface area contributed by atoms with Crippen LogP contribution >= 0.6 is 11.3 Å². The normalized spacial score (nSPS) is 17.2. The zero-order chi connectivity index (χ0) is 18.2. The summed E-state index contributed by atoms with van der Waals surface area (Å²) in [5, 5.41) is 7.98. The Kier molecular flexibility index (Phi) is 4.90. The van der Waals surface area contributed by atoms with E-state index in [1.54, 1.807) is 0 Å². The molecule has 0 unspecified atom stereocenters. The van der Waals surface area contributed by atoms with E-state index in [1.165, 1.54) is 16.2 Å². The highest BCUT2D eigenvalue weighted by molar-refractivity contribution is 7.89. The number of aromatic nitrogens is 1. The molecule has 0 saturated carbocycles. The monoisotopic (exact) mass is 383 g/mol. The first-order valence-electron chi connectivity index (χ1n) is 7.90. The van der Waals surface area contributed by atoms with Gasteiger partial charge in [-0.15, -0.1) is 11.3 Å². The van der Waals surface area contributed by atoms with Crippen molar-refractivity contribution in [1.82, 2.24) is 4.98 Å². The standard InChI is InChI=1S/C16H18FN3O3S2/c1-2-9-3-6-13-14(7-9)24-16(19-13)20-15(21)11-5-4-10(8-12(11)17)25(18,22)23/h4-5,8-9H,2-3,6-7H2,1H3,(H2,18,22,23)(H,19,20,21)/t9-/m0/s1. The van der Waals surface area contributed by atoms with Crippen LogP contribution in [-0.2, 0) is 22.9 Å². The van der Waals surface area contributed by atoms with E-state index in [1.807, 2.05) is 0 Å². The van der Waals surface area contributed by atoms with Gasteiger partial charge < -0.3 is 0 Å². The van der Waals surface area contributed by atoms with Crippen molar-refractivity contribution in [3.8, 4) is 0 Å². The minimum Gasteiger partial charge on any atom is -0.298 e. The lowest BCUT2D eigenvalue weighted by Crippen LogP contribution is -2.16. The number of aryl methyl sites for hydroxylation is 1. The Morgan fingerprint density at radius 3 is 2.88 bits per heavy atom. The Bertz CT molecular complexity index is 925. The number of carbonyl (C=O) groups excluding carboxylic acids is 1. The largest absolute Gasteiger partial charge is 0.298 e. The van der Waals surface area contributed by atoms with Crippen molar-refractivity contribution in [2.24, 2.45) is 11.1 Å². The minimum atomic E-state index is -4.02. The number of anilines is 1. The molecule has 1 aromatic carbocycles. The van der Waals surface area contributed by atoms with E-state index in [-0.39, 0.29) is 10.5 Å². The van der Waals surface area contributed by atoms with Gasteiger partial charge in [0, 0.05) is 4.88 Å². The van der Waals surface area contributed by atoms with Gasteiger partial charge in [-0.1, -0.05) is 13.3 Å². The maximum absolute atomic E-state index is 14.1. The summed E-state index contributed by atoms with van der Waals surface area (Å²) in [6.45, 7) is 2.16. The second kappa shape index (κ2) is 6.81. The first kappa shape index (κ1) is 18.0. The third kappa shape index (κ3) is 3.88. The molecule has 9 heteroatoms. The van der Waals surface area contributed by atoms with Crippen LogP contribution in [0.2, 0.25) is 0 Å². The van der Waals surface area contributed by atoms with Crippen molar-refractivity contribution in [2.45, 2.75) is 37.5 Å². The summed E-state index contributed by atoms with van der Waals surface area (Å²) in [7, 11) is -4.02. The number of rotatable bonds is 4. The van der Waals surface area contributed by atoms with Crippen LogP contribution in [0.4, 0.5) is 9.52 Å². The molecule has 1 aliphatic rings. The predicted octanol–water partition coefficient (Wildman–Crippen LogP) is 2.70. The lowest BCUT2D eigenvalue weighted by Gasteiger charge is -2.18. The van der Waals surface area contributed by atoms with Gasteiger partial charge in [0.15, 0.2) is 5.13 Å². The molecule has 1 aromatic heterocycles. The molecule has 134 valence electrons. The van der Waals surface area contributed by atoms with Gasteiger partial charge in [0.2, 0.25) is 10.0 Å². The molecule has 0 aliphatic heterocycles. The summed E-state index contributed by atoms with van der Waals surface area (Å²) in [5.74, 6) is -0.979. The lowest BCUT2D eigenvalue weighted by molar-refractivity contribution is 0.102. The lowest BCUT2D eigenvalue weighted by atomic mass is 9.89. The smallest absolute Gasteiger partial charge is 0.260 e. The molecule has 3 rings (SSSR count). The number of hydrogen-bond acceptors (Lipinski definition) is 5. The molecule has 1 amide bonds. The number of carbonyl (C=O) groups is 1. The zero-order valence-electron chi connectivity index (χ0n) is 13.6. The fourth-order valence-corrected chi connectivity index (χ4v) is 4.51. The number of amides is 1. The Balaban J connectivity index is 1.78. The number of nitrogens with zero attached hydrogens (tertiary/aromatic N) is 1. The molecular formula is C16H18FN3O3S2. The van der Waals surface area contributed by atoms with Gasteiger partial charge in [-0.05, 0) is 43.4 Å². The quantitative estimate of drug-likeness (QED) is 0.847. The molecule has 1 aliphatic carbocycles. The van der Waals surface area contributed by atoms with Gasteiger partial charge >= 0.3 is 0 Å². The number of sulfonamides is 1. The second-order valence-electron chi connectivity index (χ2n) is 6.05. The van der Waals surface area contributed by atoms with E-state index >= 15 is 0 Å². The molecule has 0 saturated heterocycles. The fourth-order valence-electron chi connectivity index (χ4n) is 2.87. The number of nitrogens with one attached hydrogen (secondary N) is 1. The Morgan fingerprint density at radius 2 is 2.24 bits per heavy atom. The molecule has 25 heavy (non-hydrogen) atoms. The highest BCUT2D eigenvalue weighted by Crippen LogP contribution is 2.33. The highest BCUT2D eigenvalue weighted by Gasteiger charge is 2.23. The summed E-state index contributed by atoms with van der Waals surface area (Å²) in [6.07, 6.45) is 4.04. The molecule has 0 spiro atoms. The highest BCUT2D eigenvalue weighted by atomic mass is 32.2. The number of nitrogens with two attached hydrogens (primary N) is 1. The van der Waals surface area contributed by atoms with Crippen molar-refractivity contribution in [3.63, 3.8) is 0 Å². The predicted molar refractivity (Wildman–Crippen MR) is 93.6 cm³/mol. The molecule has 0 bridgehead atoms. The van der Waals surface area contributed by atoms with Crippen molar-refractivity contribution in [3.05, 3.63) is 40.2 Å². The number of primary sulfonamides is 1. The zero-order valence-corrected chi connectivity index (χ0v) is 15.2. The number of fused-ring (bicyclic) bond motifs is 1. The van der Waals surface area contributed by atoms with Gasteiger partial charge in [-0.3, -0.25) is 10.1 Å². The molecule has 0 radical (unpaired) electrons. The first-order chi connectivity index (χ1) is 11.8. The van der Waals surface area contributed by atoms with Crippen molar-refractivity contribution in [1.29, 1.82) is 0 Å². The summed E-state index contributed by atoms with van der Waals surface area (Å²) >= 11 is 1.41. The van der Waals surface area contributed by atoms with Crippen LogP contribution < -0.4 is 10.5 Å². The molecule has 1 heterocycles. The van der Waals surface area contributed by atoms with E-state index in [4.69, 9.17) is 5.14 Å². The fraction of sp³-hybridized carbons (Fsp3) is 0.375. The summed E-state index contributed by atoms with van der Waals surface area (Å²) in [6, 6.07) is 2.94. The topological polar surface area (TPSA) is 102 Å². The third-order valence-electron chi connectivity index (χ3n) is 4.35. The van der Waals surface area contributed by atoms with Gasteiger partial charge in [-0.25, -0.2) is 22.9 Å². The van der Waals surface area contributed by atoms with Crippen LogP contribution in [0.15, 0.2) is 23.1 Å². The van der Waals surface area contributed by atoms with Crippen LogP contribution in [0.25, 0.3) is 0 Å². The number of halogens is 1. The Morgan fingerprint density at radius 1 is 1.48 bits per heavy atom. The van der Waals surface area contributed by atoms with E-state index < -0.39 is 21.7 Å². The summed E-state index contributed by atoms with van der Waals surface area (Å²) in [4.78, 5) is 17.5. The van der Waals surface area contributed by atoms with Crippen LogP contribution in [0.5, 0.6) is 0 Å². The average molecular weight is 383 g/mol. The molecule has 1 atom stereocenters. The third-order valence-corrected chi connectivity index (χ3v) is 6.30. The maximum Gasteiger partial charge on any atom is 0.260 e. The second-order valence-corrected chi connectivity index (χ2v) is 8.69. The molecular weight excluding hydrogens is 365 g/mol. The van der Waals surface area contributed by atoms with Crippen LogP contribution in [-0.4, -0.2) is 19.3 Å². The van der Waals surface area contributed by atoms with Crippen LogP contribution in [0.1, 0.15) is 40.7 Å². The van der Waals surface area contributed by atoms with Crippen molar-refractivity contribution >= 4 is 32.4 Å². The summed E-state index contributed by atoms with van der Waals surface area (Å²) < 4.78 is 36.5. The van der Waals surface area contributed by atoms with Crippen LogP contribution in [0.3, 0.4) is 0 Å². The number of benzene rings is 1. The van der Waals surface area contributed by atoms with E-state index in [0.717, 1.165) is 49.6 Å². The van der Waals surface area contributed by atoms with Gasteiger partial charge in [0.05, 0.1) is 16.2 Å². The van der Waals surface area contributed by atoms with Crippen LogP contribution in [0, 0.1) is 11.7 Å². The first-order valence-corrected chi connectivity index (χ1v) is 10.3. The summed E-state index contributed by atoms with van der Waals surface area (Å²) in [5.41, 5.74) is 0.738. The van der Waals surface area contributed by atoms with Gasteiger partial charge in [0.1, 0.15) is 5.82 Å². The Hall–Kier alpha value is -1.84. The van der Waals surface area contributed by atoms with Crippen molar-refractivity contribution in [2.75, 3.05) is 5.32 Å². The maximum atomic E-state index is 14.1. The number of thiazole rings is 1. The SMILES string of the molecule is CC[C@H]1CCc2nc(NC(=O)c3ccc(S(N)(=O)=O)cc3F)sc2C1. The van der Waals surface area contributed by atoms with E-state index in [9.17, 15) is 17.6 Å². The molecule has 6 nitrogen and oxygen atoms in total.